The summed E-state index contributed by atoms with van der Waals surface area (Å²) in [6.45, 7) is 7.89. The average molecular weight is 999 g/mol. The van der Waals surface area contributed by atoms with Crippen LogP contribution in [0, 0.1) is 41.0 Å². The van der Waals surface area contributed by atoms with Crippen LogP contribution in [-0.2, 0) is 14.3 Å². The average Bonchev–Trinajstić information content (AvgIpc) is 4.25. The highest BCUT2D eigenvalue weighted by Crippen LogP contribution is 2.47. The van der Waals surface area contributed by atoms with E-state index in [2.05, 4.69) is 20.0 Å². The van der Waals surface area contributed by atoms with E-state index in [0.717, 1.165) is 84.3 Å². The van der Waals surface area contributed by atoms with Crippen molar-refractivity contribution >= 4 is 21.5 Å². The van der Waals surface area contributed by atoms with Gasteiger partial charge in [-0.1, -0.05) is 32.5 Å². The van der Waals surface area contributed by atoms with E-state index < -0.39 is 49.9 Å². The molecule has 0 radical (unpaired) electrons. The number of aryl methyl sites for hydroxylation is 1. The van der Waals surface area contributed by atoms with Gasteiger partial charge in [-0.15, -0.1) is 0 Å². The number of halogens is 4. The van der Waals surface area contributed by atoms with Crippen LogP contribution in [0.15, 0.2) is 87.5 Å². The summed E-state index contributed by atoms with van der Waals surface area (Å²) in [6.07, 6.45) is 5.96. The molecule has 0 atom stereocenters. The first-order valence-corrected chi connectivity index (χ1v) is 23.7. The van der Waals surface area contributed by atoms with Crippen LogP contribution in [0.2, 0.25) is 0 Å². The zero-order valence-electron chi connectivity index (χ0n) is 38.0. The maximum Gasteiger partial charge on any atom is 0.316 e. The lowest BCUT2D eigenvalue weighted by Crippen LogP contribution is -2.45. The van der Waals surface area contributed by atoms with E-state index in [-0.39, 0.29) is 74.5 Å². The fourth-order valence-corrected chi connectivity index (χ4v) is 8.83. The standard InChI is InChI=1S/C27H30F2N4O5S.C20H24F2N4O3.2CH4/c1-19-3-5-23(6-4-19)39(35,36)38-18-27(7-8-27)17-37-25-24(32-11-9-31(2)10-12-32)16-30-33(26(25)34)22-14-20(28)13-21(29)15-22;1-24-4-6-25(7-5-24)17-11-23-26(16-9-14(21)8-15(22)10-16)19(28)18(17)29-13-20(12-27)2-3-20;;/h3-6,13-16H,7-12,17-18H2,1-2H3;8-11,27H,2-7,12-13H2,1H3;2*1H4. The van der Waals surface area contributed by atoms with E-state index >= 15 is 0 Å². The molecule has 0 amide bonds. The molecule has 1 N–H and O–H groups in total. The Labute approximate surface area is 405 Å². The number of piperazine rings is 2. The monoisotopic (exact) mass is 998 g/mol. The van der Waals surface area contributed by atoms with Crippen molar-refractivity contribution < 1.29 is 44.7 Å². The molecule has 0 spiro atoms. The molecule has 4 fully saturated rings. The quantitative estimate of drug-likeness (QED) is 0.0986. The van der Waals surface area contributed by atoms with E-state index in [4.69, 9.17) is 13.7 Å². The molecule has 21 heteroatoms. The number of aliphatic hydroxyl groups excluding tert-OH is 1. The van der Waals surface area contributed by atoms with Gasteiger partial charge in [-0.2, -0.15) is 28.0 Å². The van der Waals surface area contributed by atoms with E-state index in [0.29, 0.717) is 56.5 Å². The summed E-state index contributed by atoms with van der Waals surface area (Å²) >= 11 is 0. The zero-order chi connectivity index (χ0) is 48.4. The minimum absolute atomic E-state index is 0. The second-order valence-electron chi connectivity index (χ2n) is 18.3. The third kappa shape index (κ3) is 12.5. The lowest BCUT2D eigenvalue weighted by molar-refractivity contribution is 0.145. The molecule has 9 rings (SSSR count). The molecule has 380 valence electrons. The van der Waals surface area contributed by atoms with Crippen LogP contribution in [0.4, 0.5) is 28.9 Å². The number of hydrogen-bond acceptors (Lipinski definition) is 14. The van der Waals surface area contributed by atoms with Gasteiger partial charge in [-0.25, -0.2) is 17.6 Å². The number of anilines is 2. The van der Waals surface area contributed by atoms with Gasteiger partial charge in [0, 0.05) is 75.3 Å². The van der Waals surface area contributed by atoms with Gasteiger partial charge in [0.05, 0.1) is 55.1 Å². The highest BCUT2D eigenvalue weighted by atomic mass is 32.2. The molecule has 2 aliphatic heterocycles. The first-order chi connectivity index (χ1) is 32.5. The molecule has 2 aromatic heterocycles. The van der Waals surface area contributed by atoms with E-state index in [1.165, 1.54) is 24.5 Å². The number of aromatic nitrogens is 4. The summed E-state index contributed by atoms with van der Waals surface area (Å²) in [4.78, 5) is 35.2. The van der Waals surface area contributed by atoms with Gasteiger partial charge < -0.3 is 34.2 Å². The summed E-state index contributed by atoms with van der Waals surface area (Å²) in [7, 11) is 0.0762. The van der Waals surface area contributed by atoms with Gasteiger partial charge in [0.1, 0.15) is 34.6 Å². The molecule has 2 saturated carbocycles. The number of aliphatic hydroxyl groups is 1. The summed E-state index contributed by atoms with van der Waals surface area (Å²) < 4.78 is 99.7. The fraction of sp³-hybridized carbons (Fsp3) is 0.469. The Morgan fingerprint density at radius 2 is 0.986 bits per heavy atom. The lowest BCUT2D eigenvalue weighted by Gasteiger charge is -2.34. The van der Waals surface area contributed by atoms with E-state index in [1.807, 2.05) is 30.8 Å². The number of benzene rings is 3. The SMILES string of the molecule is C.C.CN1CCN(c2cnn(-c3cc(F)cc(F)c3)c(=O)c2OCC2(CO)CC2)CC1.Cc1ccc(S(=O)(=O)OCC2(COc3c(N4CCN(C)CC4)cnn(-c4cc(F)cc(F)c4)c3=O)CC2)cc1. The topological polar surface area (TPSA) is 165 Å². The van der Waals surface area contributed by atoms with Crippen LogP contribution in [0.1, 0.15) is 46.1 Å². The molecule has 0 unspecified atom stereocenters. The number of ether oxygens (including phenoxy) is 2. The van der Waals surface area contributed by atoms with E-state index in [1.54, 1.807) is 12.1 Å². The minimum Gasteiger partial charge on any atom is -0.486 e. The number of rotatable bonds is 15. The number of nitrogens with zero attached hydrogens (tertiary/aromatic N) is 8. The second kappa shape index (κ2) is 22.0. The van der Waals surface area contributed by atoms with Crippen LogP contribution in [0.5, 0.6) is 11.5 Å². The van der Waals surface area contributed by atoms with Crippen molar-refractivity contribution in [3.8, 4) is 22.9 Å². The Bertz CT molecular complexity index is 2810. The van der Waals surface area contributed by atoms with Gasteiger partial charge in [0.15, 0.2) is 0 Å². The Morgan fingerprint density at radius 1 is 0.600 bits per heavy atom. The third-order valence-electron chi connectivity index (χ3n) is 12.8. The van der Waals surface area contributed by atoms with Crippen LogP contribution in [0.25, 0.3) is 11.4 Å². The second-order valence-corrected chi connectivity index (χ2v) is 19.9. The first-order valence-electron chi connectivity index (χ1n) is 22.3. The maximum absolute atomic E-state index is 13.9. The lowest BCUT2D eigenvalue weighted by atomic mass is 10.1. The summed E-state index contributed by atoms with van der Waals surface area (Å²) in [5.74, 6) is -3.18. The van der Waals surface area contributed by atoms with Gasteiger partial charge in [-0.3, -0.25) is 13.8 Å². The Morgan fingerprint density at radius 3 is 1.36 bits per heavy atom. The molecule has 2 aliphatic carbocycles. The molecule has 4 heterocycles. The molecule has 5 aromatic rings. The van der Waals surface area contributed by atoms with Crippen molar-refractivity contribution in [3.63, 3.8) is 0 Å². The Hall–Kier alpha value is -5.87. The molecular weight excluding hydrogens is 937 g/mol. The minimum atomic E-state index is -3.96. The van der Waals surface area contributed by atoms with Gasteiger partial charge >= 0.3 is 11.1 Å². The first kappa shape index (κ1) is 53.5. The maximum atomic E-state index is 13.9. The summed E-state index contributed by atoms with van der Waals surface area (Å²) in [6, 6.07) is 12.0. The Kier molecular flexibility index (Phi) is 16.8. The summed E-state index contributed by atoms with van der Waals surface area (Å²) in [5, 5.41) is 17.9. The van der Waals surface area contributed by atoms with Crippen molar-refractivity contribution in [3.05, 3.63) is 123 Å². The Balaban J connectivity index is 0.000000232. The van der Waals surface area contributed by atoms with Crippen molar-refractivity contribution in [1.29, 1.82) is 0 Å². The van der Waals surface area contributed by atoms with Gasteiger partial charge in [0.2, 0.25) is 11.5 Å². The van der Waals surface area contributed by atoms with Crippen molar-refractivity contribution in [2.24, 2.45) is 10.8 Å². The molecule has 3 aromatic carbocycles. The highest BCUT2D eigenvalue weighted by Gasteiger charge is 2.46. The highest BCUT2D eigenvalue weighted by molar-refractivity contribution is 7.86. The molecule has 16 nitrogen and oxygen atoms in total. The molecular formula is C49H62F4N8O8S. The molecule has 0 bridgehead atoms. The van der Waals surface area contributed by atoms with Crippen molar-refractivity contribution in [2.75, 3.05) is 103 Å². The van der Waals surface area contributed by atoms with Crippen molar-refractivity contribution in [1.82, 2.24) is 29.4 Å². The molecule has 70 heavy (non-hydrogen) atoms. The largest absolute Gasteiger partial charge is 0.486 e. The molecule has 2 saturated heterocycles. The fourth-order valence-electron chi connectivity index (χ4n) is 7.82. The molecule has 4 aliphatic rings. The number of likely N-dealkylation sites (N-methyl/N-ethyl adjacent to an activating group) is 2. The van der Waals surface area contributed by atoms with E-state index in [9.17, 15) is 40.7 Å². The van der Waals surface area contributed by atoms with Crippen LogP contribution >= 0.6 is 0 Å². The predicted octanol–water partition coefficient (Wildman–Crippen LogP) is 5.82. The zero-order valence-corrected chi connectivity index (χ0v) is 38.9. The van der Waals surface area contributed by atoms with Gasteiger partial charge in [0.25, 0.3) is 10.1 Å². The van der Waals surface area contributed by atoms with Gasteiger partial charge in [-0.05, 0) is 83.1 Å². The van der Waals surface area contributed by atoms with Crippen molar-refractivity contribution in [2.45, 2.75) is 52.4 Å². The predicted molar refractivity (Wildman–Crippen MR) is 258 cm³/mol. The normalized spacial score (nSPS) is 17.4. The van der Waals surface area contributed by atoms with Crippen LogP contribution < -0.4 is 30.4 Å². The van der Waals surface area contributed by atoms with Crippen LogP contribution in [0.3, 0.4) is 0 Å². The third-order valence-corrected chi connectivity index (χ3v) is 14.1. The summed E-state index contributed by atoms with van der Waals surface area (Å²) in [5.41, 5.74) is -0.253. The van der Waals surface area contributed by atoms with Crippen LogP contribution in [-0.4, -0.2) is 136 Å². The smallest absolute Gasteiger partial charge is 0.316 e. The number of hydrogen-bond donors (Lipinski definition) is 1.